The van der Waals surface area contributed by atoms with Gasteiger partial charge in [-0.3, -0.25) is 4.99 Å². The molecular formula is C22H38N4O. The number of para-hydroxylation sites is 1. The van der Waals surface area contributed by atoms with Gasteiger partial charge in [-0.05, 0) is 56.1 Å². The summed E-state index contributed by atoms with van der Waals surface area (Å²) in [6.45, 7) is 11.5. The van der Waals surface area contributed by atoms with Gasteiger partial charge in [-0.1, -0.05) is 32.0 Å². The normalized spacial score (nSPS) is 18.0. The first-order valence-corrected chi connectivity index (χ1v) is 10.6. The molecule has 0 bridgehead atoms. The Bertz CT molecular complexity index is 557. The third kappa shape index (κ3) is 6.42. The number of aliphatic hydroxyl groups is 1. The second kappa shape index (κ2) is 11.2. The van der Waals surface area contributed by atoms with Gasteiger partial charge in [-0.25, -0.2) is 0 Å². The summed E-state index contributed by atoms with van der Waals surface area (Å²) in [5.41, 5.74) is 1.43. The first kappa shape index (κ1) is 21.5. The van der Waals surface area contributed by atoms with Crippen LogP contribution in [-0.4, -0.2) is 50.4 Å². The fourth-order valence-electron chi connectivity index (χ4n) is 3.85. The SMILES string of the molecule is CCNC(=NCC(CC)(CC)CCO)NCC1CCN(c2ccccc2)C1. The molecule has 1 aromatic rings. The molecule has 1 heterocycles. The van der Waals surface area contributed by atoms with E-state index in [0.29, 0.717) is 5.92 Å². The molecule has 0 aliphatic carbocycles. The highest BCUT2D eigenvalue weighted by Gasteiger charge is 2.26. The lowest BCUT2D eigenvalue weighted by molar-refractivity contribution is 0.175. The lowest BCUT2D eigenvalue weighted by Crippen LogP contribution is -2.41. The molecule has 27 heavy (non-hydrogen) atoms. The zero-order valence-electron chi connectivity index (χ0n) is 17.4. The topological polar surface area (TPSA) is 59.9 Å². The molecule has 1 aromatic carbocycles. The highest BCUT2D eigenvalue weighted by atomic mass is 16.3. The molecule has 1 atom stereocenters. The summed E-state index contributed by atoms with van der Waals surface area (Å²) in [7, 11) is 0. The Balaban J connectivity index is 1.88. The largest absolute Gasteiger partial charge is 0.396 e. The summed E-state index contributed by atoms with van der Waals surface area (Å²) in [6.07, 6.45) is 4.11. The number of guanidine groups is 1. The minimum absolute atomic E-state index is 0.106. The first-order chi connectivity index (χ1) is 13.2. The maximum absolute atomic E-state index is 9.41. The number of hydrogen-bond donors (Lipinski definition) is 3. The number of benzene rings is 1. The molecule has 0 aromatic heterocycles. The van der Waals surface area contributed by atoms with Gasteiger partial charge in [0.25, 0.3) is 0 Å². The summed E-state index contributed by atoms with van der Waals surface area (Å²) in [6, 6.07) is 10.7. The lowest BCUT2D eigenvalue weighted by atomic mass is 9.79. The van der Waals surface area contributed by atoms with Gasteiger partial charge < -0.3 is 20.6 Å². The summed E-state index contributed by atoms with van der Waals surface area (Å²) >= 11 is 0. The van der Waals surface area contributed by atoms with Crippen molar-refractivity contribution in [2.45, 2.75) is 46.5 Å². The van der Waals surface area contributed by atoms with Gasteiger partial charge in [-0.2, -0.15) is 0 Å². The zero-order chi connectivity index (χ0) is 19.5. The molecular weight excluding hydrogens is 336 g/mol. The molecule has 0 spiro atoms. The third-order valence-electron chi connectivity index (χ3n) is 6.02. The minimum Gasteiger partial charge on any atom is -0.396 e. The Labute approximate surface area is 165 Å². The van der Waals surface area contributed by atoms with E-state index < -0.39 is 0 Å². The zero-order valence-corrected chi connectivity index (χ0v) is 17.4. The maximum Gasteiger partial charge on any atom is 0.191 e. The molecule has 2 rings (SSSR count). The molecule has 1 aliphatic heterocycles. The van der Waals surface area contributed by atoms with Crippen molar-refractivity contribution in [2.75, 3.05) is 44.2 Å². The summed E-state index contributed by atoms with van der Waals surface area (Å²) < 4.78 is 0. The number of anilines is 1. The Morgan fingerprint density at radius 3 is 2.56 bits per heavy atom. The quantitative estimate of drug-likeness (QED) is 0.435. The number of aliphatic hydroxyl groups excluding tert-OH is 1. The van der Waals surface area contributed by atoms with Gasteiger partial charge in [0.2, 0.25) is 0 Å². The van der Waals surface area contributed by atoms with Crippen LogP contribution in [-0.2, 0) is 0 Å². The predicted octanol–water partition coefficient (Wildman–Crippen LogP) is 3.26. The average molecular weight is 375 g/mol. The molecule has 1 unspecified atom stereocenters. The van der Waals surface area contributed by atoms with Crippen LogP contribution in [0.4, 0.5) is 5.69 Å². The second-order valence-corrected chi connectivity index (χ2v) is 7.69. The predicted molar refractivity (Wildman–Crippen MR) is 115 cm³/mol. The smallest absolute Gasteiger partial charge is 0.191 e. The van der Waals surface area contributed by atoms with E-state index in [-0.39, 0.29) is 12.0 Å². The number of nitrogens with one attached hydrogen (secondary N) is 2. The number of nitrogens with zero attached hydrogens (tertiary/aromatic N) is 2. The van der Waals surface area contributed by atoms with Crippen molar-refractivity contribution < 1.29 is 5.11 Å². The van der Waals surface area contributed by atoms with Gasteiger partial charge >= 0.3 is 0 Å². The molecule has 5 nitrogen and oxygen atoms in total. The van der Waals surface area contributed by atoms with Crippen molar-refractivity contribution >= 4 is 11.6 Å². The summed E-state index contributed by atoms with van der Waals surface area (Å²) in [4.78, 5) is 7.32. The Hall–Kier alpha value is -1.75. The highest BCUT2D eigenvalue weighted by Crippen LogP contribution is 2.30. The average Bonchev–Trinajstić information content (AvgIpc) is 3.19. The van der Waals surface area contributed by atoms with Crippen LogP contribution in [0.25, 0.3) is 0 Å². The molecule has 1 aliphatic rings. The Kier molecular flexibility index (Phi) is 8.92. The first-order valence-electron chi connectivity index (χ1n) is 10.6. The van der Waals surface area contributed by atoms with E-state index in [2.05, 4.69) is 66.6 Å². The fourth-order valence-corrected chi connectivity index (χ4v) is 3.85. The van der Waals surface area contributed by atoms with Gasteiger partial charge in [0, 0.05) is 45.0 Å². The van der Waals surface area contributed by atoms with E-state index in [0.717, 1.165) is 57.9 Å². The van der Waals surface area contributed by atoms with Gasteiger partial charge in [0.1, 0.15) is 0 Å². The second-order valence-electron chi connectivity index (χ2n) is 7.69. The van der Waals surface area contributed by atoms with Crippen LogP contribution in [0, 0.1) is 11.3 Å². The molecule has 0 radical (unpaired) electrons. The van der Waals surface area contributed by atoms with Gasteiger partial charge in [0.15, 0.2) is 5.96 Å². The number of rotatable bonds is 10. The maximum atomic E-state index is 9.41. The van der Waals surface area contributed by atoms with E-state index >= 15 is 0 Å². The van der Waals surface area contributed by atoms with Gasteiger partial charge in [0.05, 0.1) is 0 Å². The van der Waals surface area contributed by atoms with Crippen LogP contribution in [0.2, 0.25) is 0 Å². The molecule has 1 fully saturated rings. The van der Waals surface area contributed by atoms with Crippen molar-refractivity contribution in [3.63, 3.8) is 0 Å². The van der Waals surface area contributed by atoms with E-state index in [1.165, 1.54) is 12.1 Å². The van der Waals surface area contributed by atoms with Crippen molar-refractivity contribution in [2.24, 2.45) is 16.3 Å². The van der Waals surface area contributed by atoms with Crippen molar-refractivity contribution in [1.29, 1.82) is 0 Å². The monoisotopic (exact) mass is 374 g/mol. The van der Waals surface area contributed by atoms with Crippen LogP contribution >= 0.6 is 0 Å². The van der Waals surface area contributed by atoms with Crippen LogP contribution in [0.1, 0.15) is 46.5 Å². The summed E-state index contributed by atoms with van der Waals surface area (Å²) in [5.74, 6) is 1.54. The Morgan fingerprint density at radius 1 is 1.19 bits per heavy atom. The standard InChI is InChI=1S/C22H38N4O/c1-4-22(5-2,13-15-27)18-25-21(23-6-3)24-16-19-12-14-26(17-19)20-10-8-7-9-11-20/h7-11,19,27H,4-6,12-18H2,1-3H3,(H2,23,24,25). The third-order valence-corrected chi connectivity index (χ3v) is 6.02. The molecule has 152 valence electrons. The lowest BCUT2D eigenvalue weighted by Gasteiger charge is -2.29. The van der Waals surface area contributed by atoms with Crippen molar-refractivity contribution in [3.05, 3.63) is 30.3 Å². The highest BCUT2D eigenvalue weighted by molar-refractivity contribution is 5.79. The Morgan fingerprint density at radius 2 is 1.93 bits per heavy atom. The molecule has 3 N–H and O–H groups in total. The van der Waals surface area contributed by atoms with Crippen molar-refractivity contribution in [3.8, 4) is 0 Å². The number of hydrogen-bond acceptors (Lipinski definition) is 3. The number of aliphatic imine (C=N–C) groups is 1. The van der Waals surface area contributed by atoms with E-state index in [4.69, 9.17) is 4.99 Å². The summed E-state index contributed by atoms with van der Waals surface area (Å²) in [5, 5.41) is 16.3. The van der Waals surface area contributed by atoms with Crippen molar-refractivity contribution in [1.82, 2.24) is 10.6 Å². The molecule has 0 amide bonds. The van der Waals surface area contributed by atoms with Crippen LogP contribution in [0.15, 0.2) is 35.3 Å². The van der Waals surface area contributed by atoms with Crippen LogP contribution < -0.4 is 15.5 Å². The van der Waals surface area contributed by atoms with E-state index in [1.807, 2.05) is 0 Å². The van der Waals surface area contributed by atoms with E-state index in [9.17, 15) is 5.11 Å². The molecule has 5 heteroatoms. The van der Waals surface area contributed by atoms with E-state index in [1.54, 1.807) is 0 Å². The van der Waals surface area contributed by atoms with Crippen LogP contribution in [0.5, 0.6) is 0 Å². The minimum atomic E-state index is 0.106. The molecule has 1 saturated heterocycles. The molecule has 0 saturated carbocycles. The van der Waals surface area contributed by atoms with Crippen LogP contribution in [0.3, 0.4) is 0 Å². The fraction of sp³-hybridized carbons (Fsp3) is 0.682. The van der Waals surface area contributed by atoms with Gasteiger partial charge in [-0.15, -0.1) is 0 Å².